The Labute approximate surface area is 114 Å². The van der Waals surface area contributed by atoms with E-state index in [0.717, 1.165) is 17.6 Å². The summed E-state index contributed by atoms with van der Waals surface area (Å²) in [7, 11) is 2.20. The molecule has 1 aromatic carbocycles. The van der Waals surface area contributed by atoms with Gasteiger partial charge in [-0.3, -0.25) is 0 Å². The SMILES string of the molecule is CCCC(C)N(C)CCNc1ccc(Br)cc1. The molecule has 0 aromatic heterocycles. The predicted octanol–water partition coefficient (Wildman–Crippen LogP) is 3.98. The lowest BCUT2D eigenvalue weighted by atomic mass is 10.2. The first-order chi connectivity index (χ1) is 8.13. The molecule has 0 radical (unpaired) electrons. The number of likely N-dealkylation sites (N-methyl/N-ethyl adjacent to an activating group) is 1. The molecule has 17 heavy (non-hydrogen) atoms. The molecule has 0 amide bonds. The molecule has 0 aliphatic carbocycles. The number of hydrogen-bond acceptors (Lipinski definition) is 2. The molecule has 1 atom stereocenters. The second-order valence-corrected chi connectivity index (χ2v) is 5.47. The number of nitrogens with one attached hydrogen (secondary N) is 1. The first kappa shape index (κ1) is 14.5. The van der Waals surface area contributed by atoms with Crippen LogP contribution in [-0.4, -0.2) is 31.1 Å². The van der Waals surface area contributed by atoms with Gasteiger partial charge >= 0.3 is 0 Å². The van der Waals surface area contributed by atoms with Crippen molar-refractivity contribution in [3.63, 3.8) is 0 Å². The lowest BCUT2D eigenvalue weighted by Gasteiger charge is -2.24. The Bertz CT molecular complexity index is 311. The smallest absolute Gasteiger partial charge is 0.0341 e. The molecule has 0 spiro atoms. The summed E-state index contributed by atoms with van der Waals surface area (Å²) >= 11 is 3.44. The van der Waals surface area contributed by atoms with Gasteiger partial charge in [-0.15, -0.1) is 0 Å². The fourth-order valence-electron chi connectivity index (χ4n) is 1.80. The van der Waals surface area contributed by atoms with Gasteiger partial charge in [-0.25, -0.2) is 0 Å². The summed E-state index contributed by atoms with van der Waals surface area (Å²) in [6.45, 7) is 6.61. The van der Waals surface area contributed by atoms with E-state index in [1.165, 1.54) is 18.5 Å². The molecule has 3 heteroatoms. The Balaban J connectivity index is 2.25. The molecule has 1 aromatic rings. The molecular weight excluding hydrogens is 276 g/mol. The van der Waals surface area contributed by atoms with E-state index in [-0.39, 0.29) is 0 Å². The molecule has 0 saturated carbocycles. The third-order valence-electron chi connectivity index (χ3n) is 3.10. The van der Waals surface area contributed by atoms with Gasteiger partial charge in [0, 0.05) is 29.3 Å². The first-order valence-corrected chi connectivity index (χ1v) is 7.12. The van der Waals surface area contributed by atoms with Crippen molar-refractivity contribution in [2.45, 2.75) is 32.7 Å². The molecule has 0 heterocycles. The molecule has 0 aliphatic rings. The zero-order chi connectivity index (χ0) is 12.7. The summed E-state index contributed by atoms with van der Waals surface area (Å²) in [4.78, 5) is 2.41. The highest BCUT2D eigenvalue weighted by Gasteiger charge is 2.06. The number of hydrogen-bond donors (Lipinski definition) is 1. The van der Waals surface area contributed by atoms with Crippen LogP contribution >= 0.6 is 15.9 Å². The number of nitrogens with zero attached hydrogens (tertiary/aromatic N) is 1. The molecule has 2 nitrogen and oxygen atoms in total. The van der Waals surface area contributed by atoms with Crippen LogP contribution in [0.2, 0.25) is 0 Å². The maximum Gasteiger partial charge on any atom is 0.0341 e. The monoisotopic (exact) mass is 298 g/mol. The number of anilines is 1. The molecule has 0 fully saturated rings. The van der Waals surface area contributed by atoms with Crippen LogP contribution in [-0.2, 0) is 0 Å². The third kappa shape index (κ3) is 5.55. The zero-order valence-corrected chi connectivity index (χ0v) is 12.6. The average Bonchev–Trinajstić information content (AvgIpc) is 2.32. The van der Waals surface area contributed by atoms with Crippen molar-refractivity contribution in [3.8, 4) is 0 Å². The predicted molar refractivity (Wildman–Crippen MR) is 79.6 cm³/mol. The Kier molecular flexibility index (Phi) is 6.60. The highest BCUT2D eigenvalue weighted by molar-refractivity contribution is 9.10. The normalized spacial score (nSPS) is 12.8. The standard InChI is InChI=1S/C14H23BrN2/c1-4-5-12(2)17(3)11-10-16-14-8-6-13(15)7-9-14/h6-9,12,16H,4-5,10-11H2,1-3H3. The van der Waals surface area contributed by atoms with Crippen LogP contribution in [0.25, 0.3) is 0 Å². The van der Waals surface area contributed by atoms with Gasteiger partial charge in [0.25, 0.3) is 0 Å². The van der Waals surface area contributed by atoms with Gasteiger partial charge in [0.1, 0.15) is 0 Å². The van der Waals surface area contributed by atoms with Gasteiger partial charge in [0.05, 0.1) is 0 Å². The quantitative estimate of drug-likeness (QED) is 0.819. The Morgan fingerprint density at radius 1 is 1.29 bits per heavy atom. The van der Waals surface area contributed by atoms with E-state index in [9.17, 15) is 0 Å². The topological polar surface area (TPSA) is 15.3 Å². The van der Waals surface area contributed by atoms with E-state index in [0.29, 0.717) is 6.04 Å². The highest BCUT2D eigenvalue weighted by atomic mass is 79.9. The van der Waals surface area contributed by atoms with Crippen LogP contribution in [0, 0.1) is 0 Å². The molecule has 1 rings (SSSR count). The number of benzene rings is 1. The van der Waals surface area contributed by atoms with E-state index in [1.807, 2.05) is 0 Å². The summed E-state index contributed by atoms with van der Waals surface area (Å²) < 4.78 is 1.12. The number of halogens is 1. The Hall–Kier alpha value is -0.540. The summed E-state index contributed by atoms with van der Waals surface area (Å²) in [5, 5.41) is 3.44. The van der Waals surface area contributed by atoms with Crippen LogP contribution in [0.3, 0.4) is 0 Å². The van der Waals surface area contributed by atoms with Crippen LogP contribution in [0.15, 0.2) is 28.7 Å². The molecule has 0 bridgehead atoms. The molecule has 1 N–H and O–H groups in total. The summed E-state index contributed by atoms with van der Waals surface area (Å²) in [5.74, 6) is 0. The van der Waals surface area contributed by atoms with E-state index in [1.54, 1.807) is 0 Å². The second kappa shape index (κ2) is 7.72. The molecule has 0 saturated heterocycles. The van der Waals surface area contributed by atoms with Crippen LogP contribution < -0.4 is 5.32 Å². The Morgan fingerprint density at radius 3 is 2.53 bits per heavy atom. The molecule has 0 aliphatic heterocycles. The lowest BCUT2D eigenvalue weighted by molar-refractivity contribution is 0.254. The summed E-state index contributed by atoms with van der Waals surface area (Å²) in [6, 6.07) is 8.99. The van der Waals surface area contributed by atoms with E-state index in [2.05, 4.69) is 71.3 Å². The van der Waals surface area contributed by atoms with Gasteiger partial charge in [0.2, 0.25) is 0 Å². The zero-order valence-electron chi connectivity index (χ0n) is 11.0. The van der Waals surface area contributed by atoms with Crippen molar-refractivity contribution in [2.75, 3.05) is 25.5 Å². The molecule has 96 valence electrons. The van der Waals surface area contributed by atoms with Crippen molar-refractivity contribution >= 4 is 21.6 Å². The maximum atomic E-state index is 3.44. The van der Waals surface area contributed by atoms with E-state index >= 15 is 0 Å². The second-order valence-electron chi connectivity index (χ2n) is 4.55. The van der Waals surface area contributed by atoms with Crippen molar-refractivity contribution in [3.05, 3.63) is 28.7 Å². The molecule has 1 unspecified atom stereocenters. The van der Waals surface area contributed by atoms with Crippen LogP contribution in [0.1, 0.15) is 26.7 Å². The molecular formula is C14H23BrN2. The van der Waals surface area contributed by atoms with Crippen molar-refractivity contribution in [2.24, 2.45) is 0 Å². The van der Waals surface area contributed by atoms with Gasteiger partial charge in [-0.1, -0.05) is 29.3 Å². The fraction of sp³-hybridized carbons (Fsp3) is 0.571. The van der Waals surface area contributed by atoms with Crippen LogP contribution in [0.4, 0.5) is 5.69 Å². The summed E-state index contributed by atoms with van der Waals surface area (Å²) in [5.41, 5.74) is 1.18. The largest absolute Gasteiger partial charge is 0.384 e. The van der Waals surface area contributed by atoms with Gasteiger partial charge in [-0.2, -0.15) is 0 Å². The van der Waals surface area contributed by atoms with E-state index < -0.39 is 0 Å². The highest BCUT2D eigenvalue weighted by Crippen LogP contribution is 2.13. The van der Waals surface area contributed by atoms with Gasteiger partial charge in [-0.05, 0) is 44.7 Å². The Morgan fingerprint density at radius 2 is 1.94 bits per heavy atom. The minimum Gasteiger partial charge on any atom is -0.384 e. The minimum absolute atomic E-state index is 0.673. The van der Waals surface area contributed by atoms with Gasteiger partial charge in [0.15, 0.2) is 0 Å². The third-order valence-corrected chi connectivity index (χ3v) is 3.63. The summed E-state index contributed by atoms with van der Waals surface area (Å²) in [6.07, 6.45) is 2.53. The van der Waals surface area contributed by atoms with Gasteiger partial charge < -0.3 is 10.2 Å². The van der Waals surface area contributed by atoms with Crippen molar-refractivity contribution < 1.29 is 0 Å². The van der Waals surface area contributed by atoms with Crippen molar-refractivity contribution in [1.29, 1.82) is 0 Å². The number of rotatable bonds is 7. The van der Waals surface area contributed by atoms with Crippen molar-refractivity contribution in [1.82, 2.24) is 4.90 Å². The van der Waals surface area contributed by atoms with Crippen LogP contribution in [0.5, 0.6) is 0 Å². The fourth-order valence-corrected chi connectivity index (χ4v) is 2.07. The first-order valence-electron chi connectivity index (χ1n) is 6.33. The maximum absolute atomic E-state index is 3.44. The van der Waals surface area contributed by atoms with E-state index in [4.69, 9.17) is 0 Å². The average molecular weight is 299 g/mol. The minimum atomic E-state index is 0.673. The lowest BCUT2D eigenvalue weighted by Crippen LogP contribution is -2.33.